The molecule has 1 aromatic rings. The van der Waals surface area contributed by atoms with Crippen molar-refractivity contribution in [1.82, 2.24) is 16.0 Å². The summed E-state index contributed by atoms with van der Waals surface area (Å²) < 4.78 is 0. The first-order valence-corrected chi connectivity index (χ1v) is 11.1. The van der Waals surface area contributed by atoms with Gasteiger partial charge in [0.1, 0.15) is 23.9 Å². The van der Waals surface area contributed by atoms with Gasteiger partial charge in [0.15, 0.2) is 0 Å². The van der Waals surface area contributed by atoms with Crippen molar-refractivity contribution in [3.05, 3.63) is 29.8 Å². The monoisotopic (exact) mass is 480 g/mol. The Hall–Kier alpha value is -3.18. The second-order valence-corrected chi connectivity index (χ2v) is 8.98. The van der Waals surface area contributed by atoms with Gasteiger partial charge >= 0.3 is 5.97 Å². The number of carbonyl (C=O) groups is 4. The third kappa shape index (κ3) is 9.36. The van der Waals surface area contributed by atoms with Gasteiger partial charge in [0, 0.05) is 0 Å². The molecule has 0 spiro atoms. The van der Waals surface area contributed by atoms with E-state index in [9.17, 15) is 24.3 Å². The fraction of sp³-hybridized carbons (Fsp3) is 0.565. The summed E-state index contributed by atoms with van der Waals surface area (Å²) in [5, 5.41) is 35.0. The van der Waals surface area contributed by atoms with Gasteiger partial charge < -0.3 is 37.0 Å². The fourth-order valence-corrected chi connectivity index (χ4v) is 3.20. The molecule has 0 saturated heterocycles. The molecule has 8 N–H and O–H groups in total. The number of aliphatic hydroxyl groups excluding tert-OH is 1. The molecule has 0 saturated carbocycles. The maximum atomic E-state index is 13.0. The van der Waals surface area contributed by atoms with Crippen LogP contribution in [0.5, 0.6) is 5.75 Å². The summed E-state index contributed by atoms with van der Waals surface area (Å²) in [5.41, 5.74) is 6.75. The van der Waals surface area contributed by atoms with Crippen LogP contribution >= 0.6 is 0 Å². The first-order valence-electron chi connectivity index (χ1n) is 11.1. The number of carboxylic acids is 1. The summed E-state index contributed by atoms with van der Waals surface area (Å²) >= 11 is 0. The summed E-state index contributed by atoms with van der Waals surface area (Å²) in [5.74, 6) is -3.60. The van der Waals surface area contributed by atoms with Gasteiger partial charge in [-0.3, -0.25) is 14.4 Å². The van der Waals surface area contributed by atoms with Crippen LogP contribution in [-0.4, -0.2) is 69.8 Å². The summed E-state index contributed by atoms with van der Waals surface area (Å²) in [6, 6.07) is 1.74. The standard InChI is InChI=1S/C23H36N4O7/c1-12(2)9-17(25-20(30)16(24)10-14-5-7-15(29)8-6-14)21(31)27-19(13(3)4)22(32)26-18(11-28)23(33)34/h5-8,12-13,16-19,28-29H,9-11,24H2,1-4H3,(H,25,30)(H,26,32)(H,27,31)(H,33,34). The van der Waals surface area contributed by atoms with Gasteiger partial charge in [0.2, 0.25) is 17.7 Å². The van der Waals surface area contributed by atoms with Crippen molar-refractivity contribution in [2.45, 2.75) is 64.7 Å². The number of nitrogens with one attached hydrogen (secondary N) is 3. The van der Waals surface area contributed by atoms with Gasteiger partial charge in [-0.25, -0.2) is 4.79 Å². The molecule has 1 rings (SSSR count). The van der Waals surface area contributed by atoms with Gasteiger partial charge in [-0.1, -0.05) is 39.8 Å². The highest BCUT2D eigenvalue weighted by molar-refractivity contribution is 5.94. The Labute approximate surface area is 199 Å². The molecule has 1 aromatic carbocycles. The lowest BCUT2D eigenvalue weighted by molar-refractivity contribution is -0.143. The van der Waals surface area contributed by atoms with Gasteiger partial charge in [-0.2, -0.15) is 0 Å². The molecule has 0 aliphatic rings. The molecule has 34 heavy (non-hydrogen) atoms. The van der Waals surface area contributed by atoms with Crippen LogP contribution in [0.2, 0.25) is 0 Å². The lowest BCUT2D eigenvalue weighted by Crippen LogP contribution is -2.59. The van der Waals surface area contributed by atoms with Gasteiger partial charge in [0.25, 0.3) is 0 Å². The Bertz CT molecular complexity index is 842. The van der Waals surface area contributed by atoms with Crippen LogP contribution in [0.15, 0.2) is 24.3 Å². The topological polar surface area (TPSA) is 191 Å². The smallest absolute Gasteiger partial charge is 0.328 e. The molecule has 11 heteroatoms. The first kappa shape index (κ1) is 28.9. The van der Waals surface area contributed by atoms with Crippen molar-refractivity contribution in [2.75, 3.05) is 6.61 Å². The molecule has 0 aliphatic heterocycles. The molecule has 0 aliphatic carbocycles. The molecular weight excluding hydrogens is 444 g/mol. The van der Waals surface area contributed by atoms with E-state index in [1.54, 1.807) is 26.0 Å². The van der Waals surface area contributed by atoms with Crippen LogP contribution in [0.1, 0.15) is 39.7 Å². The number of hydrogen-bond donors (Lipinski definition) is 7. The Morgan fingerprint density at radius 1 is 0.882 bits per heavy atom. The average Bonchev–Trinajstić information content (AvgIpc) is 2.75. The van der Waals surface area contributed by atoms with E-state index in [2.05, 4.69) is 16.0 Å². The highest BCUT2D eigenvalue weighted by atomic mass is 16.4. The molecule has 0 bridgehead atoms. The molecular formula is C23H36N4O7. The van der Waals surface area contributed by atoms with E-state index >= 15 is 0 Å². The molecule has 4 unspecified atom stereocenters. The summed E-state index contributed by atoms with van der Waals surface area (Å²) in [6.45, 7) is 6.28. The number of nitrogens with two attached hydrogens (primary N) is 1. The molecule has 0 radical (unpaired) electrons. The number of aliphatic carboxylic acids is 1. The Balaban J connectivity index is 2.90. The molecule has 4 atom stereocenters. The minimum Gasteiger partial charge on any atom is -0.508 e. The molecule has 190 valence electrons. The van der Waals surface area contributed by atoms with Crippen LogP contribution in [0.3, 0.4) is 0 Å². The SMILES string of the molecule is CC(C)CC(NC(=O)C(N)Cc1ccc(O)cc1)C(=O)NC(C(=O)NC(CO)C(=O)O)C(C)C. The number of phenolic OH excluding ortho intramolecular Hbond substituents is 1. The minimum atomic E-state index is -1.50. The van der Waals surface area contributed by atoms with E-state index in [-0.39, 0.29) is 24.5 Å². The highest BCUT2D eigenvalue weighted by Crippen LogP contribution is 2.12. The van der Waals surface area contributed by atoms with E-state index < -0.39 is 60.4 Å². The van der Waals surface area contributed by atoms with E-state index in [4.69, 9.17) is 15.9 Å². The van der Waals surface area contributed by atoms with Crippen molar-refractivity contribution in [2.24, 2.45) is 17.6 Å². The van der Waals surface area contributed by atoms with Crippen molar-refractivity contribution in [3.8, 4) is 5.75 Å². The van der Waals surface area contributed by atoms with E-state index in [0.717, 1.165) is 5.56 Å². The van der Waals surface area contributed by atoms with Crippen molar-refractivity contribution in [3.63, 3.8) is 0 Å². The van der Waals surface area contributed by atoms with E-state index in [1.165, 1.54) is 12.1 Å². The predicted molar refractivity (Wildman–Crippen MR) is 125 cm³/mol. The number of benzene rings is 1. The molecule has 3 amide bonds. The molecule has 0 heterocycles. The van der Waals surface area contributed by atoms with Crippen LogP contribution in [0.25, 0.3) is 0 Å². The second kappa shape index (κ2) is 13.5. The van der Waals surface area contributed by atoms with Crippen LogP contribution < -0.4 is 21.7 Å². The third-order valence-electron chi connectivity index (χ3n) is 5.11. The predicted octanol–water partition coefficient (Wildman–Crippen LogP) is -0.505. The first-order chi connectivity index (χ1) is 15.8. The van der Waals surface area contributed by atoms with Crippen LogP contribution in [0.4, 0.5) is 0 Å². The second-order valence-electron chi connectivity index (χ2n) is 8.98. The number of hydrogen-bond acceptors (Lipinski definition) is 7. The molecule has 0 aromatic heterocycles. The fourth-order valence-electron chi connectivity index (χ4n) is 3.20. The van der Waals surface area contributed by atoms with Crippen molar-refractivity contribution < 1.29 is 34.5 Å². The van der Waals surface area contributed by atoms with Crippen LogP contribution in [-0.2, 0) is 25.6 Å². The molecule has 0 fully saturated rings. The van der Waals surface area contributed by atoms with E-state index in [0.29, 0.717) is 0 Å². The zero-order valence-corrected chi connectivity index (χ0v) is 19.9. The number of phenols is 1. The Morgan fingerprint density at radius 2 is 1.44 bits per heavy atom. The van der Waals surface area contributed by atoms with Crippen molar-refractivity contribution >= 4 is 23.7 Å². The summed E-state index contributed by atoms with van der Waals surface area (Å²) in [6.07, 6.45) is 0.473. The Kier molecular flexibility index (Phi) is 11.5. The highest BCUT2D eigenvalue weighted by Gasteiger charge is 2.32. The summed E-state index contributed by atoms with van der Waals surface area (Å²) in [4.78, 5) is 49.4. The number of carboxylic acid groups (broad SMARTS) is 1. The minimum absolute atomic E-state index is 0.0291. The number of rotatable bonds is 13. The lowest BCUT2D eigenvalue weighted by Gasteiger charge is -2.27. The van der Waals surface area contributed by atoms with Crippen LogP contribution in [0, 0.1) is 11.8 Å². The Morgan fingerprint density at radius 3 is 1.91 bits per heavy atom. The maximum absolute atomic E-state index is 13.0. The van der Waals surface area contributed by atoms with Gasteiger partial charge in [0.05, 0.1) is 12.6 Å². The van der Waals surface area contributed by atoms with Gasteiger partial charge in [-0.15, -0.1) is 0 Å². The number of aromatic hydroxyl groups is 1. The zero-order valence-electron chi connectivity index (χ0n) is 19.9. The average molecular weight is 481 g/mol. The largest absolute Gasteiger partial charge is 0.508 e. The maximum Gasteiger partial charge on any atom is 0.328 e. The van der Waals surface area contributed by atoms with E-state index in [1.807, 2.05) is 13.8 Å². The number of aliphatic hydroxyl groups is 1. The quantitative estimate of drug-likeness (QED) is 0.196. The number of amides is 3. The summed E-state index contributed by atoms with van der Waals surface area (Å²) in [7, 11) is 0. The normalized spacial score (nSPS) is 14.7. The van der Waals surface area contributed by atoms with Crippen molar-refractivity contribution in [1.29, 1.82) is 0 Å². The van der Waals surface area contributed by atoms with Gasteiger partial charge in [-0.05, 0) is 42.4 Å². The number of carbonyl (C=O) groups excluding carboxylic acids is 3. The lowest BCUT2D eigenvalue weighted by atomic mass is 9.99. The third-order valence-corrected chi connectivity index (χ3v) is 5.11. The molecule has 11 nitrogen and oxygen atoms in total. The zero-order chi connectivity index (χ0) is 26.0.